The monoisotopic (exact) mass is 216 g/mol. The number of esters is 2. The van der Waals surface area contributed by atoms with Gasteiger partial charge in [0.2, 0.25) is 0 Å². The highest BCUT2D eigenvalue weighted by molar-refractivity contribution is 5.86. The molecule has 0 aliphatic heterocycles. The van der Waals surface area contributed by atoms with Gasteiger partial charge in [0.25, 0.3) is 0 Å². The quantitative estimate of drug-likeness (QED) is 0.514. The highest BCUT2D eigenvalue weighted by Crippen LogP contribution is 1.98. The lowest BCUT2D eigenvalue weighted by Gasteiger charge is -2.10. The number of ether oxygens (including phenoxy) is 2. The zero-order valence-corrected chi connectivity index (χ0v) is 8.99. The Morgan fingerprint density at radius 1 is 1.40 bits per heavy atom. The van der Waals surface area contributed by atoms with E-state index in [1.807, 2.05) is 0 Å². The molecule has 0 fully saturated rings. The maximum atomic E-state index is 10.9. The third-order valence-corrected chi connectivity index (χ3v) is 1.46. The van der Waals surface area contributed by atoms with Gasteiger partial charge in [-0.3, -0.25) is 4.79 Å². The predicted molar refractivity (Wildman–Crippen MR) is 53.0 cm³/mol. The Bertz CT molecular complexity index is 246. The van der Waals surface area contributed by atoms with E-state index in [0.717, 1.165) is 0 Å². The molecule has 0 amide bonds. The van der Waals surface area contributed by atoms with Gasteiger partial charge < -0.3 is 14.6 Å². The van der Waals surface area contributed by atoms with Crippen LogP contribution in [0.3, 0.4) is 0 Å². The van der Waals surface area contributed by atoms with E-state index >= 15 is 0 Å². The van der Waals surface area contributed by atoms with Crippen LogP contribution in [0.5, 0.6) is 0 Å². The van der Waals surface area contributed by atoms with Gasteiger partial charge in [0.15, 0.2) is 0 Å². The zero-order chi connectivity index (χ0) is 11.8. The third-order valence-electron chi connectivity index (χ3n) is 1.46. The van der Waals surface area contributed by atoms with Crippen LogP contribution in [-0.4, -0.2) is 36.4 Å². The molecular formula is C10H16O5. The van der Waals surface area contributed by atoms with Crippen molar-refractivity contribution in [2.75, 3.05) is 13.2 Å². The topological polar surface area (TPSA) is 72.8 Å². The van der Waals surface area contributed by atoms with Crippen LogP contribution in [0.25, 0.3) is 0 Å². The molecule has 0 radical (unpaired) electrons. The van der Waals surface area contributed by atoms with Crippen molar-refractivity contribution in [2.24, 2.45) is 0 Å². The molecule has 86 valence electrons. The average Bonchev–Trinajstić information content (AvgIpc) is 2.14. The Labute approximate surface area is 88.7 Å². The summed E-state index contributed by atoms with van der Waals surface area (Å²) in [7, 11) is 0. The Morgan fingerprint density at radius 2 is 2.00 bits per heavy atom. The highest BCUT2D eigenvalue weighted by Gasteiger charge is 2.14. The van der Waals surface area contributed by atoms with E-state index in [2.05, 4.69) is 16.1 Å². The predicted octanol–water partition coefficient (Wildman–Crippen LogP) is 0.420. The molecule has 1 unspecified atom stereocenters. The van der Waals surface area contributed by atoms with Crippen molar-refractivity contribution in [3.05, 3.63) is 12.2 Å². The van der Waals surface area contributed by atoms with Gasteiger partial charge in [-0.15, -0.1) is 0 Å². The molecule has 0 bridgehead atoms. The highest BCUT2D eigenvalue weighted by atomic mass is 16.5. The van der Waals surface area contributed by atoms with E-state index in [9.17, 15) is 14.7 Å². The Kier molecular flexibility index (Phi) is 6.37. The van der Waals surface area contributed by atoms with Gasteiger partial charge >= 0.3 is 11.9 Å². The van der Waals surface area contributed by atoms with Crippen molar-refractivity contribution in [3.8, 4) is 0 Å². The molecule has 0 aliphatic carbocycles. The first-order valence-corrected chi connectivity index (χ1v) is 4.63. The van der Waals surface area contributed by atoms with Crippen molar-refractivity contribution >= 4 is 11.9 Å². The first-order valence-electron chi connectivity index (χ1n) is 4.63. The number of rotatable bonds is 6. The second-order valence-electron chi connectivity index (χ2n) is 3.04. The summed E-state index contributed by atoms with van der Waals surface area (Å²) in [6.45, 7) is 6.58. The molecule has 0 aromatic carbocycles. The average molecular weight is 216 g/mol. The number of carbonyl (C=O) groups is 2. The molecular weight excluding hydrogens is 200 g/mol. The van der Waals surface area contributed by atoms with Crippen molar-refractivity contribution in [1.29, 1.82) is 0 Å². The smallest absolute Gasteiger partial charge is 0.333 e. The number of carbonyl (C=O) groups excluding carboxylic acids is 2. The molecule has 0 spiro atoms. The van der Waals surface area contributed by atoms with Crippen molar-refractivity contribution in [3.63, 3.8) is 0 Å². The molecule has 0 rings (SSSR count). The molecule has 0 aromatic heterocycles. The van der Waals surface area contributed by atoms with E-state index < -0.39 is 18.0 Å². The van der Waals surface area contributed by atoms with Gasteiger partial charge in [0.05, 0.1) is 19.1 Å². The number of hydrogen-bond acceptors (Lipinski definition) is 5. The van der Waals surface area contributed by atoms with Crippen LogP contribution in [0.2, 0.25) is 0 Å². The molecule has 0 saturated carbocycles. The maximum absolute atomic E-state index is 10.9. The summed E-state index contributed by atoms with van der Waals surface area (Å²) >= 11 is 0. The minimum absolute atomic E-state index is 0.183. The lowest BCUT2D eigenvalue weighted by Crippen LogP contribution is -2.23. The molecule has 1 atom stereocenters. The van der Waals surface area contributed by atoms with E-state index in [0.29, 0.717) is 0 Å². The third kappa shape index (κ3) is 6.68. The van der Waals surface area contributed by atoms with Crippen molar-refractivity contribution in [2.45, 2.75) is 26.4 Å². The summed E-state index contributed by atoms with van der Waals surface area (Å²) in [6, 6.07) is 0. The van der Waals surface area contributed by atoms with Crippen LogP contribution in [-0.2, 0) is 19.1 Å². The Hall–Kier alpha value is -1.36. The standard InChI is InChI=1S/C10H16O5/c1-4-14-9(12)5-8(11)6-15-10(13)7(2)3/h8,11H,2,4-6H2,1,3H3. The summed E-state index contributed by atoms with van der Waals surface area (Å²) in [5.41, 5.74) is 0.248. The van der Waals surface area contributed by atoms with Gasteiger partial charge in [0.1, 0.15) is 6.61 Å². The van der Waals surface area contributed by atoms with Crippen LogP contribution in [0.4, 0.5) is 0 Å². The largest absolute Gasteiger partial charge is 0.466 e. The summed E-state index contributed by atoms with van der Waals surface area (Å²) < 4.78 is 9.26. The molecule has 5 nitrogen and oxygen atoms in total. The molecule has 5 heteroatoms. The fourth-order valence-electron chi connectivity index (χ4n) is 0.766. The van der Waals surface area contributed by atoms with Crippen molar-refractivity contribution < 1.29 is 24.2 Å². The minimum atomic E-state index is -1.03. The fraction of sp³-hybridized carbons (Fsp3) is 0.600. The van der Waals surface area contributed by atoms with Crippen LogP contribution in [0.1, 0.15) is 20.3 Å². The van der Waals surface area contributed by atoms with Gasteiger partial charge in [-0.2, -0.15) is 0 Å². The summed E-state index contributed by atoms with van der Waals surface area (Å²) in [5, 5.41) is 9.27. The molecule has 0 saturated heterocycles. The minimum Gasteiger partial charge on any atom is -0.466 e. The van der Waals surface area contributed by atoms with Gasteiger partial charge in [0, 0.05) is 5.57 Å². The van der Waals surface area contributed by atoms with Crippen LogP contribution >= 0.6 is 0 Å². The molecule has 0 aliphatic rings. The Balaban J connectivity index is 3.75. The first kappa shape index (κ1) is 13.6. The normalized spacial score (nSPS) is 11.7. The second-order valence-corrected chi connectivity index (χ2v) is 3.04. The first-order chi connectivity index (χ1) is 6.97. The molecule has 15 heavy (non-hydrogen) atoms. The number of aliphatic hydroxyl groups is 1. The second kappa shape index (κ2) is 7.00. The van der Waals surface area contributed by atoms with Crippen molar-refractivity contribution in [1.82, 2.24) is 0 Å². The summed E-state index contributed by atoms with van der Waals surface area (Å²) in [5.74, 6) is -1.10. The fourth-order valence-corrected chi connectivity index (χ4v) is 0.766. The van der Waals surface area contributed by atoms with Gasteiger partial charge in [-0.1, -0.05) is 6.58 Å². The van der Waals surface area contributed by atoms with Gasteiger partial charge in [-0.25, -0.2) is 4.79 Å². The molecule has 1 N–H and O–H groups in total. The lowest BCUT2D eigenvalue weighted by molar-refractivity contribution is -0.150. The lowest BCUT2D eigenvalue weighted by atomic mass is 10.3. The van der Waals surface area contributed by atoms with Crippen LogP contribution in [0, 0.1) is 0 Å². The number of hydrogen-bond donors (Lipinski definition) is 1. The SMILES string of the molecule is C=C(C)C(=O)OCC(O)CC(=O)OCC. The summed E-state index contributed by atoms with van der Waals surface area (Å²) in [4.78, 5) is 21.8. The maximum Gasteiger partial charge on any atom is 0.333 e. The Morgan fingerprint density at radius 3 is 2.47 bits per heavy atom. The van der Waals surface area contributed by atoms with E-state index in [1.165, 1.54) is 6.92 Å². The molecule has 0 aromatic rings. The van der Waals surface area contributed by atoms with E-state index in [-0.39, 0.29) is 25.2 Å². The van der Waals surface area contributed by atoms with E-state index in [4.69, 9.17) is 0 Å². The van der Waals surface area contributed by atoms with E-state index in [1.54, 1.807) is 6.92 Å². The van der Waals surface area contributed by atoms with Gasteiger partial charge in [-0.05, 0) is 13.8 Å². The number of aliphatic hydroxyl groups excluding tert-OH is 1. The summed E-state index contributed by atoms with van der Waals surface area (Å²) in [6.07, 6.45) is -1.22. The van der Waals surface area contributed by atoms with Crippen LogP contribution in [0.15, 0.2) is 12.2 Å². The zero-order valence-electron chi connectivity index (χ0n) is 8.99. The molecule has 0 heterocycles. The van der Waals surface area contributed by atoms with Crippen LogP contribution < -0.4 is 0 Å².